The van der Waals surface area contributed by atoms with E-state index in [9.17, 15) is 4.39 Å². The van der Waals surface area contributed by atoms with Crippen LogP contribution < -0.4 is 5.73 Å². The molecule has 102 valence electrons. The van der Waals surface area contributed by atoms with Gasteiger partial charge in [-0.1, -0.05) is 26.0 Å². The van der Waals surface area contributed by atoms with Gasteiger partial charge >= 0.3 is 0 Å². The molecular weight excluding hydrogens is 229 g/mol. The summed E-state index contributed by atoms with van der Waals surface area (Å²) in [4.78, 5) is 0. The zero-order chi connectivity index (χ0) is 13.8. The third-order valence-corrected chi connectivity index (χ3v) is 3.33. The van der Waals surface area contributed by atoms with Crippen molar-refractivity contribution in [3.63, 3.8) is 0 Å². The smallest absolute Gasteiger partial charge is 0.123 e. The van der Waals surface area contributed by atoms with Crippen molar-refractivity contribution in [1.29, 1.82) is 0 Å². The van der Waals surface area contributed by atoms with E-state index in [2.05, 4.69) is 6.92 Å². The summed E-state index contributed by atoms with van der Waals surface area (Å²) >= 11 is 0. The summed E-state index contributed by atoms with van der Waals surface area (Å²) in [5.41, 5.74) is 6.66. The third kappa shape index (κ3) is 4.07. The Hall–Kier alpha value is -0.930. The number of benzene rings is 1. The van der Waals surface area contributed by atoms with Crippen LogP contribution in [0.25, 0.3) is 0 Å². The van der Waals surface area contributed by atoms with E-state index in [4.69, 9.17) is 10.5 Å². The Balaban J connectivity index is 2.99. The second kappa shape index (κ2) is 6.30. The molecule has 0 aliphatic carbocycles. The van der Waals surface area contributed by atoms with Gasteiger partial charge in [-0.3, -0.25) is 0 Å². The van der Waals surface area contributed by atoms with Crippen LogP contribution in [-0.4, -0.2) is 11.6 Å². The SMILES string of the molecule is CCC(N)C(OC(C)(C)CC)c1cccc(F)c1. The fourth-order valence-electron chi connectivity index (χ4n) is 1.73. The molecule has 0 fully saturated rings. The van der Waals surface area contributed by atoms with Gasteiger partial charge < -0.3 is 10.5 Å². The third-order valence-electron chi connectivity index (χ3n) is 3.33. The van der Waals surface area contributed by atoms with Gasteiger partial charge in [-0.2, -0.15) is 0 Å². The number of hydrogen-bond donors (Lipinski definition) is 1. The molecule has 0 spiro atoms. The molecule has 0 heterocycles. The van der Waals surface area contributed by atoms with E-state index in [1.54, 1.807) is 6.07 Å². The van der Waals surface area contributed by atoms with Crippen LogP contribution in [0.15, 0.2) is 24.3 Å². The van der Waals surface area contributed by atoms with Gasteiger partial charge in [-0.05, 0) is 44.4 Å². The number of halogens is 1. The van der Waals surface area contributed by atoms with Crippen molar-refractivity contribution >= 4 is 0 Å². The molecule has 2 nitrogen and oxygen atoms in total. The lowest BCUT2D eigenvalue weighted by Crippen LogP contribution is -2.36. The van der Waals surface area contributed by atoms with Crippen LogP contribution in [0.3, 0.4) is 0 Å². The number of hydrogen-bond acceptors (Lipinski definition) is 2. The highest BCUT2D eigenvalue weighted by Gasteiger charge is 2.27. The predicted molar refractivity (Wildman–Crippen MR) is 72.9 cm³/mol. The zero-order valence-electron chi connectivity index (χ0n) is 11.7. The summed E-state index contributed by atoms with van der Waals surface area (Å²) in [7, 11) is 0. The standard InChI is InChI=1S/C15H24FNO/c1-5-13(17)14(18-15(3,4)6-2)11-8-7-9-12(16)10-11/h7-10,13-14H,5-6,17H2,1-4H3. The maximum Gasteiger partial charge on any atom is 0.123 e. The Labute approximate surface area is 109 Å². The predicted octanol–water partition coefficient (Wildman–Crippen LogP) is 3.81. The van der Waals surface area contributed by atoms with E-state index >= 15 is 0 Å². The summed E-state index contributed by atoms with van der Waals surface area (Å²) in [6, 6.07) is 6.38. The first-order valence-electron chi connectivity index (χ1n) is 6.58. The van der Waals surface area contributed by atoms with Gasteiger partial charge in [0.05, 0.1) is 11.7 Å². The van der Waals surface area contributed by atoms with Crippen LogP contribution in [-0.2, 0) is 4.74 Å². The molecule has 0 aliphatic rings. The van der Waals surface area contributed by atoms with Crippen LogP contribution in [0.2, 0.25) is 0 Å². The molecular formula is C15H24FNO. The van der Waals surface area contributed by atoms with Gasteiger partial charge in [-0.25, -0.2) is 4.39 Å². The minimum Gasteiger partial charge on any atom is -0.366 e. The molecule has 0 saturated heterocycles. The van der Waals surface area contributed by atoms with E-state index in [0.717, 1.165) is 18.4 Å². The summed E-state index contributed by atoms with van der Waals surface area (Å²) in [6.07, 6.45) is 1.41. The number of ether oxygens (including phenoxy) is 1. The first-order chi connectivity index (χ1) is 8.39. The molecule has 0 aliphatic heterocycles. The summed E-state index contributed by atoms with van der Waals surface area (Å²) < 4.78 is 19.4. The first kappa shape index (κ1) is 15.1. The highest BCUT2D eigenvalue weighted by atomic mass is 19.1. The van der Waals surface area contributed by atoms with E-state index in [1.807, 2.05) is 26.8 Å². The maximum atomic E-state index is 13.3. The molecule has 0 radical (unpaired) electrons. The van der Waals surface area contributed by atoms with Gasteiger partial charge in [-0.15, -0.1) is 0 Å². The van der Waals surface area contributed by atoms with Crippen LogP contribution in [0.5, 0.6) is 0 Å². The quantitative estimate of drug-likeness (QED) is 0.836. The molecule has 18 heavy (non-hydrogen) atoms. The Morgan fingerprint density at radius 2 is 2.00 bits per heavy atom. The molecule has 3 heteroatoms. The van der Waals surface area contributed by atoms with Crippen LogP contribution >= 0.6 is 0 Å². The van der Waals surface area contributed by atoms with Gasteiger partial charge in [0.2, 0.25) is 0 Å². The summed E-state index contributed by atoms with van der Waals surface area (Å²) in [5, 5.41) is 0. The van der Waals surface area contributed by atoms with Gasteiger partial charge in [0, 0.05) is 6.04 Å². The lowest BCUT2D eigenvalue weighted by atomic mass is 9.98. The first-order valence-corrected chi connectivity index (χ1v) is 6.58. The Bertz CT molecular complexity index is 379. The molecule has 2 N–H and O–H groups in total. The molecule has 0 saturated carbocycles. The maximum absolute atomic E-state index is 13.3. The van der Waals surface area contributed by atoms with Gasteiger partial charge in [0.1, 0.15) is 5.82 Å². The van der Waals surface area contributed by atoms with Crippen LogP contribution in [0, 0.1) is 5.82 Å². The largest absolute Gasteiger partial charge is 0.366 e. The van der Waals surface area contributed by atoms with Crippen molar-refractivity contribution in [2.24, 2.45) is 5.73 Å². The average Bonchev–Trinajstić information content (AvgIpc) is 2.35. The highest BCUT2D eigenvalue weighted by Crippen LogP contribution is 2.29. The Kier molecular flexibility index (Phi) is 5.29. The topological polar surface area (TPSA) is 35.2 Å². The second-order valence-electron chi connectivity index (χ2n) is 5.28. The minimum absolute atomic E-state index is 0.127. The Morgan fingerprint density at radius 1 is 1.33 bits per heavy atom. The van der Waals surface area contributed by atoms with Crippen molar-refractivity contribution < 1.29 is 9.13 Å². The fraction of sp³-hybridized carbons (Fsp3) is 0.600. The molecule has 0 amide bonds. The normalized spacial score (nSPS) is 15.4. The van der Waals surface area contributed by atoms with Gasteiger partial charge in [0.25, 0.3) is 0 Å². The molecule has 1 rings (SSSR count). The van der Waals surface area contributed by atoms with Crippen molar-refractivity contribution in [3.05, 3.63) is 35.6 Å². The van der Waals surface area contributed by atoms with E-state index in [1.165, 1.54) is 12.1 Å². The molecule has 2 atom stereocenters. The number of rotatable bonds is 6. The van der Waals surface area contributed by atoms with E-state index in [-0.39, 0.29) is 23.6 Å². The lowest BCUT2D eigenvalue weighted by Gasteiger charge is -2.33. The minimum atomic E-state index is -0.263. The van der Waals surface area contributed by atoms with Crippen LogP contribution in [0.1, 0.15) is 52.2 Å². The lowest BCUT2D eigenvalue weighted by molar-refractivity contribution is -0.0859. The monoisotopic (exact) mass is 253 g/mol. The van der Waals surface area contributed by atoms with Gasteiger partial charge in [0.15, 0.2) is 0 Å². The van der Waals surface area contributed by atoms with E-state index in [0.29, 0.717) is 0 Å². The zero-order valence-corrected chi connectivity index (χ0v) is 11.7. The van der Waals surface area contributed by atoms with Crippen molar-refractivity contribution in [2.75, 3.05) is 0 Å². The summed E-state index contributed by atoms with van der Waals surface area (Å²) in [5.74, 6) is -0.251. The van der Waals surface area contributed by atoms with E-state index < -0.39 is 0 Å². The molecule has 1 aromatic carbocycles. The molecule has 2 unspecified atom stereocenters. The fourth-order valence-corrected chi connectivity index (χ4v) is 1.73. The second-order valence-corrected chi connectivity index (χ2v) is 5.28. The average molecular weight is 253 g/mol. The van der Waals surface area contributed by atoms with Crippen LogP contribution in [0.4, 0.5) is 4.39 Å². The molecule has 0 bridgehead atoms. The van der Waals surface area contributed by atoms with Crippen molar-refractivity contribution in [1.82, 2.24) is 0 Å². The van der Waals surface area contributed by atoms with Crippen molar-refractivity contribution in [2.45, 2.75) is 58.3 Å². The highest BCUT2D eigenvalue weighted by molar-refractivity contribution is 5.20. The molecule has 0 aromatic heterocycles. The Morgan fingerprint density at radius 3 is 2.50 bits per heavy atom. The molecule has 1 aromatic rings. The van der Waals surface area contributed by atoms with Crippen molar-refractivity contribution in [3.8, 4) is 0 Å². The number of nitrogens with two attached hydrogens (primary N) is 1. The summed E-state index contributed by atoms with van der Waals surface area (Å²) in [6.45, 7) is 8.14.